The van der Waals surface area contributed by atoms with Crippen LogP contribution in [0.15, 0.2) is 27.5 Å². The molecule has 3 aromatic rings. The summed E-state index contributed by atoms with van der Waals surface area (Å²) >= 11 is 6.75. The molecule has 0 aliphatic carbocycles. The van der Waals surface area contributed by atoms with Gasteiger partial charge in [0, 0.05) is 33.4 Å². The monoisotopic (exact) mass is 357 g/mol. The van der Waals surface area contributed by atoms with Crippen LogP contribution in [0.2, 0.25) is 0 Å². The lowest BCUT2D eigenvalue weighted by atomic mass is 10.4. The summed E-state index contributed by atoms with van der Waals surface area (Å²) in [4.78, 5) is 8.83. The molecule has 3 aromatic heterocycles. The van der Waals surface area contributed by atoms with Crippen LogP contribution >= 0.6 is 38.6 Å². The number of anilines is 1. The van der Waals surface area contributed by atoms with Crippen LogP contribution in [0.25, 0.3) is 4.96 Å². The summed E-state index contributed by atoms with van der Waals surface area (Å²) in [5, 5.41) is 13.6. The first-order valence-corrected chi connectivity index (χ1v) is 8.23. The highest BCUT2D eigenvalue weighted by Gasteiger charge is 2.16. The zero-order chi connectivity index (χ0) is 13.4. The predicted octanol–water partition coefficient (Wildman–Crippen LogP) is 3.35. The molecule has 19 heavy (non-hydrogen) atoms. The molecule has 3 rings (SSSR count). The van der Waals surface area contributed by atoms with Crippen molar-refractivity contribution in [2.24, 2.45) is 0 Å². The molecule has 0 radical (unpaired) electrons. The second kappa shape index (κ2) is 5.24. The number of thiophene rings is 1. The summed E-state index contributed by atoms with van der Waals surface area (Å²) < 4.78 is 3.05. The third-order valence-electron chi connectivity index (χ3n) is 2.87. The lowest BCUT2D eigenvalue weighted by molar-refractivity contribution is 0.276. The van der Waals surface area contributed by atoms with Crippen LogP contribution in [0.3, 0.4) is 0 Å². The summed E-state index contributed by atoms with van der Waals surface area (Å²) in [7, 11) is 2.00. The second-order valence-corrected chi connectivity index (χ2v) is 6.97. The summed E-state index contributed by atoms with van der Waals surface area (Å²) in [5.74, 6) is 0.846. The van der Waals surface area contributed by atoms with Gasteiger partial charge in [0.25, 0.3) is 0 Å². The number of aliphatic hydroxyl groups excluding tert-OH is 1. The van der Waals surface area contributed by atoms with Gasteiger partial charge in [-0.2, -0.15) is 0 Å². The number of hydrogen-bond donors (Lipinski definition) is 1. The van der Waals surface area contributed by atoms with Crippen LogP contribution in [-0.4, -0.2) is 21.5 Å². The van der Waals surface area contributed by atoms with E-state index in [1.54, 1.807) is 22.7 Å². The van der Waals surface area contributed by atoms with Gasteiger partial charge in [0.1, 0.15) is 0 Å². The molecule has 0 amide bonds. The standard InChI is InChI=1S/C12H12BrN3OS2/c1-15(5-9-4-8(13)7-19-9)11-10(6-17)16-2-3-18-12(16)14-11/h2-4,7,17H,5-6H2,1H3. The number of hydrogen-bond acceptors (Lipinski definition) is 5. The van der Waals surface area contributed by atoms with Crippen molar-refractivity contribution in [2.45, 2.75) is 13.2 Å². The third-order valence-corrected chi connectivity index (χ3v) is 5.30. The molecule has 100 valence electrons. The number of fused-ring (bicyclic) bond motifs is 1. The zero-order valence-corrected chi connectivity index (χ0v) is 13.4. The number of imidazole rings is 1. The first-order valence-electron chi connectivity index (χ1n) is 5.68. The Labute approximate surface area is 127 Å². The SMILES string of the molecule is CN(Cc1cc(Br)cs1)c1nc2sccn2c1CO. The van der Waals surface area contributed by atoms with E-state index in [1.165, 1.54) is 4.88 Å². The molecule has 4 nitrogen and oxygen atoms in total. The van der Waals surface area contributed by atoms with Crippen molar-refractivity contribution in [3.05, 3.63) is 38.1 Å². The summed E-state index contributed by atoms with van der Waals surface area (Å²) in [6.07, 6.45) is 1.94. The molecule has 0 saturated heterocycles. The maximum absolute atomic E-state index is 9.56. The maximum atomic E-state index is 9.56. The molecule has 1 N–H and O–H groups in total. The molecule has 0 unspecified atom stereocenters. The second-order valence-electron chi connectivity index (χ2n) is 4.18. The van der Waals surface area contributed by atoms with Gasteiger partial charge in [-0.1, -0.05) is 0 Å². The minimum absolute atomic E-state index is 0.00823. The third kappa shape index (κ3) is 2.43. The highest BCUT2D eigenvalue weighted by molar-refractivity contribution is 9.10. The van der Waals surface area contributed by atoms with Crippen molar-refractivity contribution in [2.75, 3.05) is 11.9 Å². The van der Waals surface area contributed by atoms with Gasteiger partial charge in [-0.05, 0) is 22.0 Å². The molecule has 3 heterocycles. The Morgan fingerprint density at radius 3 is 3.00 bits per heavy atom. The molecular weight excluding hydrogens is 346 g/mol. The summed E-state index contributed by atoms with van der Waals surface area (Å²) in [6, 6.07) is 2.11. The molecule has 0 fully saturated rings. The number of aliphatic hydroxyl groups is 1. The molecule has 7 heteroatoms. The van der Waals surface area contributed by atoms with Gasteiger partial charge in [0.2, 0.25) is 0 Å². The summed E-state index contributed by atoms with van der Waals surface area (Å²) in [5.41, 5.74) is 0.842. The average molecular weight is 358 g/mol. The van der Waals surface area contributed by atoms with Crippen LogP contribution in [0, 0.1) is 0 Å². The fourth-order valence-electron chi connectivity index (χ4n) is 2.02. The van der Waals surface area contributed by atoms with Gasteiger partial charge in [0.05, 0.1) is 18.8 Å². The Hall–Kier alpha value is -0.890. The van der Waals surface area contributed by atoms with Gasteiger partial charge >= 0.3 is 0 Å². The molecule has 0 atom stereocenters. The first-order chi connectivity index (χ1) is 9.19. The molecule has 0 aliphatic heterocycles. The van der Waals surface area contributed by atoms with Crippen molar-refractivity contribution in [1.29, 1.82) is 0 Å². The van der Waals surface area contributed by atoms with E-state index in [4.69, 9.17) is 0 Å². The zero-order valence-electron chi connectivity index (χ0n) is 10.2. The number of rotatable bonds is 4. The summed E-state index contributed by atoms with van der Waals surface area (Å²) in [6.45, 7) is 0.778. The quantitative estimate of drug-likeness (QED) is 0.778. The molecule has 0 saturated carbocycles. The van der Waals surface area contributed by atoms with Crippen LogP contribution < -0.4 is 4.90 Å². The normalized spacial score (nSPS) is 11.3. The van der Waals surface area contributed by atoms with Gasteiger partial charge < -0.3 is 10.0 Å². The van der Waals surface area contributed by atoms with E-state index < -0.39 is 0 Å². The van der Waals surface area contributed by atoms with E-state index in [0.29, 0.717) is 0 Å². The van der Waals surface area contributed by atoms with E-state index in [1.807, 2.05) is 23.0 Å². The largest absolute Gasteiger partial charge is 0.390 e. The van der Waals surface area contributed by atoms with Crippen LogP contribution in [0.1, 0.15) is 10.6 Å². The van der Waals surface area contributed by atoms with E-state index in [0.717, 1.165) is 27.5 Å². The van der Waals surface area contributed by atoms with Crippen LogP contribution in [0.4, 0.5) is 5.82 Å². The van der Waals surface area contributed by atoms with Crippen molar-refractivity contribution < 1.29 is 5.11 Å². The Morgan fingerprint density at radius 1 is 1.47 bits per heavy atom. The minimum atomic E-state index is -0.00823. The van der Waals surface area contributed by atoms with E-state index in [2.05, 4.69) is 37.3 Å². The average Bonchev–Trinajstić information content (AvgIpc) is 3.03. The van der Waals surface area contributed by atoms with Crippen LogP contribution in [-0.2, 0) is 13.2 Å². The van der Waals surface area contributed by atoms with Crippen molar-refractivity contribution in [3.8, 4) is 0 Å². The fourth-order valence-corrected chi connectivity index (χ4v) is 4.25. The highest BCUT2D eigenvalue weighted by Crippen LogP contribution is 2.27. The molecule has 0 bridgehead atoms. The maximum Gasteiger partial charge on any atom is 0.195 e. The van der Waals surface area contributed by atoms with Crippen molar-refractivity contribution >= 4 is 49.4 Å². The van der Waals surface area contributed by atoms with Crippen LogP contribution in [0.5, 0.6) is 0 Å². The smallest absolute Gasteiger partial charge is 0.195 e. The van der Waals surface area contributed by atoms with Gasteiger partial charge in [0.15, 0.2) is 10.8 Å². The predicted molar refractivity (Wildman–Crippen MR) is 83.1 cm³/mol. The number of nitrogens with zero attached hydrogens (tertiary/aromatic N) is 3. The Bertz CT molecular complexity index is 703. The van der Waals surface area contributed by atoms with Gasteiger partial charge in [-0.3, -0.25) is 4.40 Å². The van der Waals surface area contributed by atoms with Crippen molar-refractivity contribution in [1.82, 2.24) is 9.38 Å². The van der Waals surface area contributed by atoms with E-state index >= 15 is 0 Å². The van der Waals surface area contributed by atoms with Gasteiger partial charge in [-0.15, -0.1) is 22.7 Å². The Kier molecular flexibility index (Phi) is 3.62. The van der Waals surface area contributed by atoms with E-state index in [9.17, 15) is 5.11 Å². The molecule has 0 aromatic carbocycles. The highest BCUT2D eigenvalue weighted by atomic mass is 79.9. The van der Waals surface area contributed by atoms with Gasteiger partial charge in [-0.25, -0.2) is 4.98 Å². The lowest BCUT2D eigenvalue weighted by Gasteiger charge is -2.16. The number of thiazole rings is 1. The Morgan fingerprint density at radius 2 is 2.32 bits per heavy atom. The lowest BCUT2D eigenvalue weighted by Crippen LogP contribution is -2.17. The molecule has 0 aliphatic rings. The number of halogens is 1. The fraction of sp³-hybridized carbons (Fsp3) is 0.250. The first kappa shape index (κ1) is 13.1. The minimum Gasteiger partial charge on any atom is -0.390 e. The van der Waals surface area contributed by atoms with E-state index in [-0.39, 0.29) is 6.61 Å². The Balaban J connectivity index is 1.92. The topological polar surface area (TPSA) is 40.8 Å². The van der Waals surface area contributed by atoms with Crippen molar-refractivity contribution in [3.63, 3.8) is 0 Å². The molecular formula is C12H12BrN3OS2. The molecule has 0 spiro atoms. The number of aromatic nitrogens is 2.